The predicted octanol–water partition coefficient (Wildman–Crippen LogP) is 6.03. The molecule has 1 heterocycles. The van der Waals surface area contributed by atoms with Crippen molar-refractivity contribution in [2.75, 3.05) is 13.7 Å². The Balaban J connectivity index is 1.61. The van der Waals surface area contributed by atoms with Gasteiger partial charge in [0.1, 0.15) is 23.5 Å². The van der Waals surface area contributed by atoms with E-state index >= 15 is 0 Å². The minimum atomic E-state index is -0.552. The van der Waals surface area contributed by atoms with E-state index in [2.05, 4.69) is 16.3 Å². The Morgan fingerprint density at radius 1 is 1.00 bits per heavy atom. The summed E-state index contributed by atoms with van der Waals surface area (Å²) in [4.78, 5) is 11.2. The van der Waals surface area contributed by atoms with Gasteiger partial charge in [-0.3, -0.25) is 14.7 Å². The van der Waals surface area contributed by atoms with E-state index < -0.39 is 5.25 Å². The van der Waals surface area contributed by atoms with Crippen molar-refractivity contribution < 1.29 is 18.8 Å². The average Bonchev–Trinajstić information content (AvgIpc) is 3.24. The van der Waals surface area contributed by atoms with Crippen LogP contribution in [0.15, 0.2) is 65.8 Å². The lowest BCUT2D eigenvalue weighted by molar-refractivity contribution is -0.479. The summed E-state index contributed by atoms with van der Waals surface area (Å²) in [6.45, 7) is 5.84. The van der Waals surface area contributed by atoms with Crippen LogP contribution in [0.5, 0.6) is 11.5 Å². The van der Waals surface area contributed by atoms with Crippen molar-refractivity contribution in [3.8, 4) is 17.2 Å². The summed E-state index contributed by atoms with van der Waals surface area (Å²) in [5, 5.41) is 20.1. The van der Waals surface area contributed by atoms with E-state index in [0.717, 1.165) is 16.8 Å². The molecule has 4 rings (SSSR count). The highest BCUT2D eigenvalue weighted by molar-refractivity contribution is 7.99. The number of nitro groups is 1. The average molecular weight is 523 g/mol. The number of ether oxygens (including phenoxy) is 2. The van der Waals surface area contributed by atoms with E-state index in [1.165, 1.54) is 36.6 Å². The second-order valence-corrected chi connectivity index (χ2v) is 9.75. The number of rotatable bonds is 10. The lowest BCUT2D eigenvalue weighted by Gasteiger charge is -2.17. The minimum Gasteiger partial charge on any atom is -0.493 e. The fourth-order valence-corrected chi connectivity index (χ4v) is 4.96. The van der Waals surface area contributed by atoms with Gasteiger partial charge in [-0.15, -0.1) is 10.2 Å². The van der Waals surface area contributed by atoms with Crippen LogP contribution in [0.3, 0.4) is 0 Å². The molecule has 37 heavy (non-hydrogen) atoms. The molecule has 0 radical (unpaired) electrons. The van der Waals surface area contributed by atoms with E-state index in [1.807, 2.05) is 37.5 Å². The molecule has 3 aromatic carbocycles. The molecular formula is C27H27FN4O4S. The summed E-state index contributed by atoms with van der Waals surface area (Å²) in [6, 6.07) is 17.4. The highest BCUT2D eigenvalue weighted by Gasteiger charge is 2.25. The zero-order valence-corrected chi connectivity index (χ0v) is 21.8. The van der Waals surface area contributed by atoms with E-state index in [-0.39, 0.29) is 23.9 Å². The van der Waals surface area contributed by atoms with Crippen LogP contribution >= 0.6 is 11.8 Å². The quantitative estimate of drug-likeness (QED) is 0.143. The zero-order chi connectivity index (χ0) is 26.5. The highest BCUT2D eigenvalue weighted by atomic mass is 32.2. The number of methoxy groups -OCH3 is 1. The van der Waals surface area contributed by atoms with Crippen LogP contribution in [0, 0.1) is 36.7 Å². The number of thioether (sulfide) groups is 1. The van der Waals surface area contributed by atoms with Crippen LogP contribution in [0.1, 0.15) is 33.3 Å². The van der Waals surface area contributed by atoms with E-state index in [4.69, 9.17) is 9.47 Å². The lowest BCUT2D eigenvalue weighted by Crippen LogP contribution is -2.11. The van der Waals surface area contributed by atoms with Crippen molar-refractivity contribution in [1.82, 2.24) is 14.8 Å². The van der Waals surface area contributed by atoms with E-state index in [0.29, 0.717) is 28.0 Å². The van der Waals surface area contributed by atoms with Gasteiger partial charge in [-0.1, -0.05) is 36.0 Å². The van der Waals surface area contributed by atoms with Crippen LogP contribution in [0.2, 0.25) is 0 Å². The Bertz CT molecular complexity index is 1410. The lowest BCUT2D eigenvalue weighted by atomic mass is 10.1. The Kier molecular flexibility index (Phi) is 8.08. The van der Waals surface area contributed by atoms with Gasteiger partial charge in [0, 0.05) is 10.6 Å². The number of hydrogen-bond donors (Lipinski definition) is 0. The Hall–Kier alpha value is -3.92. The second-order valence-electron chi connectivity index (χ2n) is 8.58. The Labute approximate surface area is 218 Å². The first-order valence-electron chi connectivity index (χ1n) is 11.6. The molecule has 1 atom stereocenters. The molecule has 1 aromatic heterocycles. The molecule has 192 valence electrons. The normalized spacial score (nSPS) is 11.8. The Morgan fingerprint density at radius 3 is 2.43 bits per heavy atom. The maximum absolute atomic E-state index is 13.2. The molecule has 0 unspecified atom stereocenters. The summed E-state index contributed by atoms with van der Waals surface area (Å²) >= 11 is 1.27. The second kappa shape index (κ2) is 11.4. The number of aryl methyl sites for hydroxylation is 3. The Morgan fingerprint density at radius 2 is 1.76 bits per heavy atom. The largest absolute Gasteiger partial charge is 0.493 e. The third kappa shape index (κ3) is 6.26. The van der Waals surface area contributed by atoms with Gasteiger partial charge >= 0.3 is 0 Å². The van der Waals surface area contributed by atoms with Crippen LogP contribution in [-0.4, -0.2) is 33.3 Å². The van der Waals surface area contributed by atoms with Crippen molar-refractivity contribution >= 4 is 11.8 Å². The zero-order valence-electron chi connectivity index (χ0n) is 21.0. The van der Waals surface area contributed by atoms with Crippen LogP contribution < -0.4 is 9.47 Å². The smallest absolute Gasteiger partial charge is 0.220 e. The first-order valence-corrected chi connectivity index (χ1v) is 12.5. The molecule has 0 N–H and O–H groups in total. The molecule has 8 nitrogen and oxygen atoms in total. The molecular weight excluding hydrogens is 495 g/mol. The topological polar surface area (TPSA) is 92.3 Å². The molecule has 0 spiro atoms. The standard InChI is InChI=1S/C27H27FN4O4S/c1-17-5-11-23(13-18(17)2)32-19(3)29-30-27(32)37-26(15-31(33)34)21-8-12-24(25(14-21)35-4)36-16-20-6-9-22(28)10-7-20/h5-14,26H,15-16H2,1-4H3/t26-/m0/s1. The van der Waals surface area contributed by atoms with Gasteiger partial charge < -0.3 is 9.47 Å². The maximum atomic E-state index is 13.2. The van der Waals surface area contributed by atoms with Crippen molar-refractivity contribution in [2.45, 2.75) is 37.8 Å². The fourth-order valence-electron chi connectivity index (χ4n) is 3.80. The number of hydrogen-bond acceptors (Lipinski definition) is 7. The minimum absolute atomic E-state index is 0.224. The van der Waals surface area contributed by atoms with Gasteiger partial charge in [0.2, 0.25) is 6.54 Å². The molecule has 10 heteroatoms. The highest BCUT2D eigenvalue weighted by Crippen LogP contribution is 2.39. The van der Waals surface area contributed by atoms with Gasteiger partial charge in [-0.05, 0) is 79.4 Å². The molecule has 0 aliphatic rings. The monoisotopic (exact) mass is 522 g/mol. The SMILES string of the molecule is COc1cc([C@H](C[N+](=O)[O-])Sc2nnc(C)n2-c2ccc(C)c(C)c2)ccc1OCc1ccc(F)cc1. The summed E-state index contributed by atoms with van der Waals surface area (Å²) in [5.74, 6) is 1.30. The number of benzene rings is 3. The first kappa shape index (κ1) is 26.2. The molecule has 0 fully saturated rings. The summed E-state index contributed by atoms with van der Waals surface area (Å²) < 4.78 is 26.5. The molecule has 0 saturated heterocycles. The molecule has 4 aromatic rings. The molecule has 0 saturated carbocycles. The molecule has 0 amide bonds. The van der Waals surface area contributed by atoms with Gasteiger partial charge in [-0.2, -0.15) is 0 Å². The summed E-state index contributed by atoms with van der Waals surface area (Å²) in [7, 11) is 1.51. The molecule has 0 bridgehead atoms. The number of aromatic nitrogens is 3. The maximum Gasteiger partial charge on any atom is 0.220 e. The predicted molar refractivity (Wildman–Crippen MR) is 140 cm³/mol. The van der Waals surface area contributed by atoms with Crippen molar-refractivity contribution in [1.29, 1.82) is 0 Å². The summed E-state index contributed by atoms with van der Waals surface area (Å²) in [6.07, 6.45) is 0. The fraction of sp³-hybridized carbons (Fsp3) is 0.259. The molecule has 0 aliphatic carbocycles. The number of nitrogens with zero attached hydrogens (tertiary/aromatic N) is 4. The van der Waals surface area contributed by atoms with E-state index in [9.17, 15) is 14.5 Å². The first-order chi connectivity index (χ1) is 17.7. The van der Waals surface area contributed by atoms with Crippen LogP contribution in [-0.2, 0) is 6.61 Å². The third-order valence-electron chi connectivity index (χ3n) is 5.97. The molecule has 0 aliphatic heterocycles. The third-order valence-corrected chi connectivity index (χ3v) is 7.15. The van der Waals surface area contributed by atoms with Crippen molar-refractivity contribution in [2.24, 2.45) is 0 Å². The van der Waals surface area contributed by atoms with E-state index in [1.54, 1.807) is 30.3 Å². The van der Waals surface area contributed by atoms with Gasteiger partial charge in [0.05, 0.1) is 7.11 Å². The van der Waals surface area contributed by atoms with Crippen molar-refractivity contribution in [3.05, 3.63) is 105 Å². The van der Waals surface area contributed by atoms with Gasteiger partial charge in [-0.25, -0.2) is 4.39 Å². The number of halogens is 1. The summed E-state index contributed by atoms with van der Waals surface area (Å²) in [5.41, 5.74) is 4.69. The van der Waals surface area contributed by atoms with Crippen LogP contribution in [0.25, 0.3) is 5.69 Å². The van der Waals surface area contributed by atoms with Crippen molar-refractivity contribution in [3.63, 3.8) is 0 Å². The van der Waals surface area contributed by atoms with Gasteiger partial charge in [0.25, 0.3) is 0 Å². The van der Waals surface area contributed by atoms with Gasteiger partial charge in [0.15, 0.2) is 16.7 Å². The van der Waals surface area contributed by atoms with Crippen LogP contribution in [0.4, 0.5) is 4.39 Å².